The van der Waals surface area contributed by atoms with Crippen molar-refractivity contribution in [1.29, 1.82) is 0 Å². The fraction of sp³-hybridized carbons (Fsp3) is 0.200. The molecule has 0 radical (unpaired) electrons. The summed E-state index contributed by atoms with van der Waals surface area (Å²) < 4.78 is 16.8. The van der Waals surface area contributed by atoms with Gasteiger partial charge in [-0.1, -0.05) is 12.1 Å². The standard InChI is InChI=1S/C25H21NO6/c1-13-9-14(2)23-17(10-13)22(28)20-21(15-6-7-18(27)19(11-15)30-3)26(25(29)24(20)32-23)12-16-5-4-8-31-16/h4-11,21,27H,12H2,1-3H3/t21-/m0/s1. The number of carbonyl (C=O) groups is 1. The number of methoxy groups -OCH3 is 1. The highest BCUT2D eigenvalue weighted by Crippen LogP contribution is 2.41. The molecule has 4 aromatic rings. The van der Waals surface area contributed by atoms with Gasteiger partial charge in [-0.25, -0.2) is 0 Å². The van der Waals surface area contributed by atoms with Crippen LogP contribution < -0.4 is 10.2 Å². The molecule has 0 spiro atoms. The van der Waals surface area contributed by atoms with Crippen molar-refractivity contribution >= 4 is 16.9 Å². The molecule has 0 saturated heterocycles. The van der Waals surface area contributed by atoms with Crippen molar-refractivity contribution in [2.75, 3.05) is 7.11 Å². The highest BCUT2D eigenvalue weighted by Gasteiger charge is 2.43. The van der Waals surface area contributed by atoms with Gasteiger partial charge in [-0.2, -0.15) is 0 Å². The number of hydrogen-bond acceptors (Lipinski definition) is 6. The van der Waals surface area contributed by atoms with Gasteiger partial charge in [-0.15, -0.1) is 0 Å². The number of aryl methyl sites for hydroxylation is 2. The van der Waals surface area contributed by atoms with E-state index in [0.29, 0.717) is 22.3 Å². The van der Waals surface area contributed by atoms with Gasteiger partial charge in [0.2, 0.25) is 5.76 Å². The van der Waals surface area contributed by atoms with Crippen LogP contribution in [0.2, 0.25) is 0 Å². The number of hydrogen-bond donors (Lipinski definition) is 1. The molecular weight excluding hydrogens is 410 g/mol. The molecule has 0 aliphatic carbocycles. The van der Waals surface area contributed by atoms with Crippen LogP contribution in [0.25, 0.3) is 11.0 Å². The Morgan fingerprint density at radius 2 is 1.94 bits per heavy atom. The summed E-state index contributed by atoms with van der Waals surface area (Å²) in [6.07, 6.45) is 1.53. The minimum Gasteiger partial charge on any atom is -0.504 e. The van der Waals surface area contributed by atoms with Crippen LogP contribution in [0.4, 0.5) is 0 Å². The molecule has 3 heterocycles. The van der Waals surface area contributed by atoms with E-state index in [-0.39, 0.29) is 34.8 Å². The third kappa shape index (κ3) is 2.97. The number of fused-ring (bicyclic) bond motifs is 2. The van der Waals surface area contributed by atoms with Crippen molar-refractivity contribution in [2.45, 2.75) is 26.4 Å². The van der Waals surface area contributed by atoms with Crippen LogP contribution in [0.5, 0.6) is 11.5 Å². The number of benzene rings is 2. The van der Waals surface area contributed by atoms with Crippen molar-refractivity contribution in [3.05, 3.63) is 92.7 Å². The Morgan fingerprint density at radius 3 is 2.66 bits per heavy atom. The second-order valence-corrected chi connectivity index (χ2v) is 7.98. The predicted octanol–water partition coefficient (Wildman–Crippen LogP) is 4.46. The van der Waals surface area contributed by atoms with Crippen molar-refractivity contribution in [1.82, 2.24) is 4.90 Å². The molecular formula is C25H21NO6. The molecule has 0 unspecified atom stereocenters. The maximum absolute atomic E-state index is 13.7. The summed E-state index contributed by atoms with van der Waals surface area (Å²) in [6, 6.07) is 11.3. The number of aromatic hydroxyl groups is 1. The summed E-state index contributed by atoms with van der Waals surface area (Å²) in [4.78, 5) is 28.7. The third-order valence-electron chi connectivity index (χ3n) is 5.82. The molecule has 162 valence electrons. The molecule has 1 aliphatic rings. The minimum atomic E-state index is -0.724. The molecule has 2 aromatic carbocycles. The summed E-state index contributed by atoms with van der Waals surface area (Å²) in [5.41, 5.74) is 2.78. The van der Waals surface area contributed by atoms with E-state index in [4.69, 9.17) is 13.6 Å². The van der Waals surface area contributed by atoms with Crippen LogP contribution in [0, 0.1) is 13.8 Å². The normalized spacial score (nSPS) is 15.4. The Kier molecular flexibility index (Phi) is 4.55. The van der Waals surface area contributed by atoms with Gasteiger partial charge in [0.15, 0.2) is 16.9 Å². The number of phenolic OH excluding ortho intramolecular Hbond substituents is 1. The van der Waals surface area contributed by atoms with Crippen molar-refractivity contribution in [3.8, 4) is 11.5 Å². The Hall–Kier alpha value is -4.00. The topological polar surface area (TPSA) is 93.1 Å². The zero-order valence-corrected chi connectivity index (χ0v) is 17.8. The number of phenols is 1. The van der Waals surface area contributed by atoms with Gasteiger partial charge < -0.3 is 23.6 Å². The number of amides is 1. The van der Waals surface area contributed by atoms with Gasteiger partial charge in [0, 0.05) is 0 Å². The van der Waals surface area contributed by atoms with E-state index in [2.05, 4.69) is 0 Å². The summed E-state index contributed by atoms with van der Waals surface area (Å²) in [5.74, 6) is 0.421. The summed E-state index contributed by atoms with van der Waals surface area (Å²) in [7, 11) is 1.45. The zero-order chi connectivity index (χ0) is 22.6. The van der Waals surface area contributed by atoms with E-state index in [1.54, 1.807) is 35.2 Å². The second-order valence-electron chi connectivity index (χ2n) is 7.98. The molecule has 1 atom stereocenters. The van der Waals surface area contributed by atoms with Gasteiger partial charge in [-0.3, -0.25) is 9.59 Å². The maximum atomic E-state index is 13.7. The highest BCUT2D eigenvalue weighted by molar-refractivity contribution is 5.99. The van der Waals surface area contributed by atoms with Gasteiger partial charge in [0.05, 0.1) is 36.9 Å². The number of carbonyl (C=O) groups excluding carboxylic acids is 1. The molecule has 0 saturated carbocycles. The van der Waals surface area contributed by atoms with E-state index in [0.717, 1.165) is 11.1 Å². The molecule has 7 heteroatoms. The molecule has 1 amide bonds. The quantitative estimate of drug-likeness (QED) is 0.513. The van der Waals surface area contributed by atoms with E-state index in [1.807, 2.05) is 19.9 Å². The Bertz CT molecular complexity index is 1420. The first kappa shape index (κ1) is 19.9. The average molecular weight is 431 g/mol. The van der Waals surface area contributed by atoms with Crippen LogP contribution >= 0.6 is 0 Å². The van der Waals surface area contributed by atoms with Gasteiger partial charge in [-0.05, 0) is 60.9 Å². The first-order valence-corrected chi connectivity index (χ1v) is 10.2. The lowest BCUT2D eigenvalue weighted by Gasteiger charge is -2.24. The molecule has 32 heavy (non-hydrogen) atoms. The Morgan fingerprint density at radius 1 is 1.12 bits per heavy atom. The average Bonchev–Trinajstić information content (AvgIpc) is 3.37. The van der Waals surface area contributed by atoms with Gasteiger partial charge in [0.1, 0.15) is 11.3 Å². The molecule has 2 aromatic heterocycles. The molecule has 1 aliphatic heterocycles. The molecule has 0 fully saturated rings. The number of nitrogens with zero attached hydrogens (tertiary/aromatic N) is 1. The number of rotatable bonds is 4. The number of furan rings is 1. The van der Waals surface area contributed by atoms with Crippen molar-refractivity contribution in [2.24, 2.45) is 0 Å². The van der Waals surface area contributed by atoms with Gasteiger partial charge >= 0.3 is 0 Å². The van der Waals surface area contributed by atoms with Crippen LogP contribution in [-0.4, -0.2) is 23.0 Å². The molecule has 1 N–H and O–H groups in total. The Labute approximate surface area is 183 Å². The predicted molar refractivity (Wildman–Crippen MR) is 117 cm³/mol. The van der Waals surface area contributed by atoms with E-state index < -0.39 is 11.9 Å². The lowest BCUT2D eigenvalue weighted by atomic mass is 9.97. The Balaban J connectivity index is 1.78. The van der Waals surface area contributed by atoms with Crippen molar-refractivity contribution < 1.29 is 23.5 Å². The minimum absolute atomic E-state index is 0.0260. The van der Waals surface area contributed by atoms with E-state index in [1.165, 1.54) is 19.4 Å². The molecule has 0 bridgehead atoms. The fourth-order valence-electron chi connectivity index (χ4n) is 4.42. The van der Waals surface area contributed by atoms with Crippen LogP contribution in [-0.2, 0) is 6.54 Å². The SMILES string of the molecule is COc1cc([C@H]2c3c(oc4c(C)cc(C)cc4c3=O)C(=O)N2Cc2ccco2)ccc1O. The molecule has 7 nitrogen and oxygen atoms in total. The lowest BCUT2D eigenvalue weighted by molar-refractivity contribution is 0.0701. The lowest BCUT2D eigenvalue weighted by Crippen LogP contribution is -2.29. The van der Waals surface area contributed by atoms with Crippen LogP contribution in [0.15, 0.2) is 62.4 Å². The second kappa shape index (κ2) is 7.30. The van der Waals surface area contributed by atoms with E-state index in [9.17, 15) is 14.7 Å². The van der Waals surface area contributed by atoms with Crippen LogP contribution in [0.3, 0.4) is 0 Å². The third-order valence-corrected chi connectivity index (χ3v) is 5.82. The van der Waals surface area contributed by atoms with Gasteiger partial charge in [0.25, 0.3) is 5.91 Å². The summed E-state index contributed by atoms with van der Waals surface area (Å²) >= 11 is 0. The largest absolute Gasteiger partial charge is 0.504 e. The molecule has 5 rings (SSSR count). The van der Waals surface area contributed by atoms with Crippen LogP contribution in [0.1, 0.15) is 44.6 Å². The highest BCUT2D eigenvalue weighted by atomic mass is 16.5. The summed E-state index contributed by atoms with van der Waals surface area (Å²) in [5, 5.41) is 10.5. The number of ether oxygens (including phenoxy) is 1. The smallest absolute Gasteiger partial charge is 0.291 e. The van der Waals surface area contributed by atoms with E-state index >= 15 is 0 Å². The first-order valence-electron chi connectivity index (χ1n) is 10.2. The maximum Gasteiger partial charge on any atom is 0.291 e. The first-order chi connectivity index (χ1) is 15.4. The monoisotopic (exact) mass is 431 g/mol. The zero-order valence-electron chi connectivity index (χ0n) is 17.8. The van der Waals surface area contributed by atoms with Crippen molar-refractivity contribution in [3.63, 3.8) is 0 Å². The fourth-order valence-corrected chi connectivity index (χ4v) is 4.42. The summed E-state index contributed by atoms with van der Waals surface area (Å²) in [6.45, 7) is 3.92.